The fourth-order valence-corrected chi connectivity index (χ4v) is 5.73. The van der Waals surface area contributed by atoms with Crippen LogP contribution in [0.4, 0.5) is 0 Å². The molecule has 5 N–H and O–H groups in total. The van der Waals surface area contributed by atoms with Crippen LogP contribution in [0.5, 0.6) is 0 Å². The number of carbonyl (C=O) groups is 4. The number of carboxylic acid groups (broad SMARTS) is 3. The van der Waals surface area contributed by atoms with E-state index in [1.165, 1.54) is 11.8 Å². The first-order valence-corrected chi connectivity index (χ1v) is 11.5. The highest BCUT2D eigenvalue weighted by Crippen LogP contribution is 2.40. The van der Waals surface area contributed by atoms with Crippen LogP contribution < -0.4 is 10.6 Å². The van der Waals surface area contributed by atoms with Gasteiger partial charge in [-0.15, -0.1) is 0 Å². The molecule has 0 aromatic rings. The summed E-state index contributed by atoms with van der Waals surface area (Å²) in [4.78, 5) is 45.0. The zero-order valence-corrected chi connectivity index (χ0v) is 18.5. The van der Waals surface area contributed by atoms with Gasteiger partial charge in [-0.05, 0) is 33.6 Å². The Hall–Kier alpha value is -1.46. The number of hydrogen-bond donors (Lipinski definition) is 5. The normalized spacial score (nSPS) is 20.9. The van der Waals surface area contributed by atoms with Crippen molar-refractivity contribution in [2.75, 3.05) is 11.5 Å². The van der Waals surface area contributed by atoms with E-state index in [1.807, 2.05) is 20.8 Å². The van der Waals surface area contributed by atoms with Crippen molar-refractivity contribution in [3.8, 4) is 0 Å². The lowest BCUT2D eigenvalue weighted by atomic mass is 9.99. The lowest BCUT2D eigenvalue weighted by Crippen LogP contribution is -2.49. The molecule has 0 aliphatic heterocycles. The van der Waals surface area contributed by atoms with Crippen LogP contribution in [0.25, 0.3) is 0 Å². The number of rotatable bonds is 13. The van der Waals surface area contributed by atoms with Crippen molar-refractivity contribution in [2.45, 2.75) is 74.6 Å². The van der Waals surface area contributed by atoms with Gasteiger partial charge in [0.2, 0.25) is 5.91 Å². The summed E-state index contributed by atoms with van der Waals surface area (Å²) >= 11 is 3.02. The molecule has 0 bridgehead atoms. The Kier molecular flexibility index (Phi) is 10.3. The molecule has 1 aliphatic carbocycles. The van der Waals surface area contributed by atoms with Gasteiger partial charge in [-0.2, -0.15) is 23.5 Å². The van der Waals surface area contributed by atoms with Gasteiger partial charge >= 0.3 is 17.9 Å². The maximum Gasteiger partial charge on any atom is 0.327 e. The minimum Gasteiger partial charge on any atom is -0.481 e. The molecule has 0 aromatic heterocycles. The topological polar surface area (TPSA) is 153 Å². The molecule has 166 valence electrons. The van der Waals surface area contributed by atoms with Crippen LogP contribution in [0.15, 0.2) is 0 Å². The number of hydrogen-bond acceptors (Lipinski definition) is 7. The predicted octanol–water partition coefficient (Wildman–Crippen LogP) is 1.26. The third-order valence-electron chi connectivity index (χ3n) is 4.21. The third kappa shape index (κ3) is 10.2. The maximum absolute atomic E-state index is 11.7. The summed E-state index contributed by atoms with van der Waals surface area (Å²) in [6, 6.07) is -1.74. The van der Waals surface area contributed by atoms with Crippen molar-refractivity contribution in [3.63, 3.8) is 0 Å². The van der Waals surface area contributed by atoms with Crippen LogP contribution in [0.2, 0.25) is 0 Å². The SMILES string of the molecule is CC(C)(C)NC(CSC1CCC1SCC(NC(=O)CCC(=O)O)C(=O)O)C(=O)O. The summed E-state index contributed by atoms with van der Waals surface area (Å²) in [6.45, 7) is 5.73. The minimum atomic E-state index is -1.16. The van der Waals surface area contributed by atoms with E-state index >= 15 is 0 Å². The van der Waals surface area contributed by atoms with Gasteiger partial charge in [0.1, 0.15) is 12.1 Å². The van der Waals surface area contributed by atoms with Crippen LogP contribution in [0.1, 0.15) is 46.5 Å². The summed E-state index contributed by atoms with van der Waals surface area (Å²) in [5.74, 6) is -3.18. The smallest absolute Gasteiger partial charge is 0.327 e. The number of carboxylic acids is 3. The minimum absolute atomic E-state index is 0.179. The van der Waals surface area contributed by atoms with Gasteiger partial charge in [-0.25, -0.2) is 4.79 Å². The molecule has 0 saturated heterocycles. The molecule has 1 amide bonds. The Morgan fingerprint density at radius 2 is 1.38 bits per heavy atom. The number of carbonyl (C=O) groups excluding carboxylic acids is 1. The molecular formula is C18H30N2O7S2. The van der Waals surface area contributed by atoms with E-state index < -0.39 is 35.9 Å². The molecule has 4 unspecified atom stereocenters. The Morgan fingerprint density at radius 3 is 1.76 bits per heavy atom. The Labute approximate surface area is 178 Å². The Balaban J connectivity index is 2.46. The van der Waals surface area contributed by atoms with E-state index in [0.29, 0.717) is 5.75 Å². The fourth-order valence-electron chi connectivity index (χ4n) is 2.62. The largest absolute Gasteiger partial charge is 0.481 e. The molecule has 1 saturated carbocycles. The molecule has 1 rings (SSSR count). The third-order valence-corrected chi connectivity index (χ3v) is 7.42. The monoisotopic (exact) mass is 450 g/mol. The number of nitrogens with one attached hydrogen (secondary N) is 2. The Morgan fingerprint density at radius 1 is 0.897 bits per heavy atom. The molecule has 0 aromatic carbocycles. The maximum atomic E-state index is 11.7. The van der Waals surface area contributed by atoms with Crippen LogP contribution >= 0.6 is 23.5 Å². The van der Waals surface area contributed by atoms with Crippen molar-refractivity contribution >= 4 is 47.3 Å². The van der Waals surface area contributed by atoms with Crippen molar-refractivity contribution in [3.05, 3.63) is 0 Å². The zero-order chi connectivity index (χ0) is 22.2. The molecule has 4 atom stereocenters. The van der Waals surface area contributed by atoms with Gasteiger partial charge in [-0.1, -0.05) is 0 Å². The second-order valence-electron chi connectivity index (χ2n) is 7.96. The van der Waals surface area contributed by atoms with Crippen LogP contribution in [-0.4, -0.2) is 78.8 Å². The second-order valence-corrected chi connectivity index (χ2v) is 10.5. The summed E-state index contributed by atoms with van der Waals surface area (Å²) in [6.07, 6.45) is 1.24. The first-order valence-electron chi connectivity index (χ1n) is 9.36. The zero-order valence-electron chi connectivity index (χ0n) is 16.8. The summed E-state index contributed by atoms with van der Waals surface area (Å²) in [5, 5.41) is 33.1. The first kappa shape index (κ1) is 25.6. The van der Waals surface area contributed by atoms with Crippen LogP contribution in [-0.2, 0) is 19.2 Å². The predicted molar refractivity (Wildman–Crippen MR) is 112 cm³/mol. The summed E-state index contributed by atoms with van der Waals surface area (Å²) in [5.41, 5.74) is -0.315. The first-order chi connectivity index (χ1) is 13.4. The number of thioether (sulfide) groups is 2. The standard InChI is InChI=1S/C18H30N2O7S2/c1-18(2,3)20-11(17(26)27)9-29-13-5-4-12(13)28-8-10(16(24)25)19-14(21)6-7-15(22)23/h10-13,20H,4-9H2,1-3H3,(H,19,21)(H,22,23)(H,24,25)(H,26,27). The van der Waals surface area contributed by atoms with E-state index in [1.54, 1.807) is 11.8 Å². The molecule has 9 nitrogen and oxygen atoms in total. The molecule has 0 heterocycles. The highest BCUT2D eigenvalue weighted by molar-refractivity contribution is 8.04. The highest BCUT2D eigenvalue weighted by Gasteiger charge is 2.35. The molecule has 1 fully saturated rings. The lowest BCUT2D eigenvalue weighted by molar-refractivity contribution is -0.141. The second kappa shape index (κ2) is 11.7. The van der Waals surface area contributed by atoms with E-state index in [-0.39, 0.29) is 34.6 Å². The molecule has 1 aliphatic rings. The van der Waals surface area contributed by atoms with Gasteiger partial charge in [0.05, 0.1) is 6.42 Å². The van der Waals surface area contributed by atoms with Gasteiger partial charge in [0, 0.05) is 34.0 Å². The van der Waals surface area contributed by atoms with Crippen molar-refractivity contribution in [1.29, 1.82) is 0 Å². The molecule has 0 spiro atoms. The van der Waals surface area contributed by atoms with Crippen LogP contribution in [0, 0.1) is 0 Å². The van der Waals surface area contributed by atoms with E-state index in [9.17, 15) is 29.4 Å². The molecule has 29 heavy (non-hydrogen) atoms. The average molecular weight is 451 g/mol. The van der Waals surface area contributed by atoms with E-state index in [2.05, 4.69) is 10.6 Å². The van der Waals surface area contributed by atoms with Crippen LogP contribution in [0.3, 0.4) is 0 Å². The molecular weight excluding hydrogens is 420 g/mol. The van der Waals surface area contributed by atoms with Gasteiger partial charge in [0.15, 0.2) is 0 Å². The van der Waals surface area contributed by atoms with Crippen molar-refractivity contribution in [2.24, 2.45) is 0 Å². The lowest BCUT2D eigenvalue weighted by Gasteiger charge is -2.37. The van der Waals surface area contributed by atoms with Crippen molar-refractivity contribution < 1.29 is 34.5 Å². The van der Waals surface area contributed by atoms with Crippen molar-refractivity contribution in [1.82, 2.24) is 10.6 Å². The average Bonchev–Trinajstić information content (AvgIpc) is 2.55. The number of amides is 1. The molecule has 11 heteroatoms. The molecule has 0 radical (unpaired) electrons. The Bertz CT molecular complexity index is 610. The summed E-state index contributed by atoms with van der Waals surface area (Å²) < 4.78 is 0. The van der Waals surface area contributed by atoms with Gasteiger partial charge in [-0.3, -0.25) is 19.7 Å². The highest BCUT2D eigenvalue weighted by atomic mass is 32.2. The fraction of sp³-hybridized carbons (Fsp3) is 0.778. The number of aliphatic carboxylic acids is 3. The summed E-state index contributed by atoms with van der Waals surface area (Å²) in [7, 11) is 0. The van der Waals surface area contributed by atoms with Gasteiger partial charge < -0.3 is 20.6 Å². The van der Waals surface area contributed by atoms with E-state index in [0.717, 1.165) is 12.8 Å². The van der Waals surface area contributed by atoms with Gasteiger partial charge in [0.25, 0.3) is 0 Å². The quantitative estimate of drug-likeness (QED) is 0.277. The van der Waals surface area contributed by atoms with E-state index in [4.69, 9.17) is 5.11 Å².